The van der Waals surface area contributed by atoms with Gasteiger partial charge >= 0.3 is 0 Å². The number of aromatic nitrogens is 1. The standard InChI is InChI=1S/C13H20N2O2/c1-14-12(10-5-8-17-9-6-10)13-11(16-2)4-3-7-15-13/h3-4,7,10,12,14H,5-6,8-9H2,1-2H3. The number of methoxy groups -OCH3 is 1. The predicted molar refractivity (Wildman–Crippen MR) is 66.1 cm³/mol. The largest absolute Gasteiger partial charge is 0.495 e. The molecule has 1 atom stereocenters. The summed E-state index contributed by atoms with van der Waals surface area (Å²) in [6, 6.07) is 4.11. The van der Waals surface area contributed by atoms with E-state index in [-0.39, 0.29) is 6.04 Å². The molecule has 94 valence electrons. The second-order valence-corrected chi connectivity index (χ2v) is 4.31. The van der Waals surface area contributed by atoms with Gasteiger partial charge in [-0.3, -0.25) is 4.98 Å². The van der Waals surface area contributed by atoms with Gasteiger partial charge in [-0.05, 0) is 37.9 Å². The van der Waals surface area contributed by atoms with Gasteiger partial charge in [-0.2, -0.15) is 0 Å². The molecule has 1 saturated heterocycles. The van der Waals surface area contributed by atoms with Gasteiger partial charge < -0.3 is 14.8 Å². The summed E-state index contributed by atoms with van der Waals surface area (Å²) in [6.45, 7) is 1.69. The van der Waals surface area contributed by atoms with Crippen molar-refractivity contribution in [2.45, 2.75) is 18.9 Å². The Morgan fingerprint density at radius 3 is 2.88 bits per heavy atom. The lowest BCUT2D eigenvalue weighted by atomic mass is 9.89. The van der Waals surface area contributed by atoms with Gasteiger partial charge in [0.2, 0.25) is 0 Å². The first-order chi connectivity index (χ1) is 8.36. The van der Waals surface area contributed by atoms with Crippen LogP contribution in [-0.4, -0.2) is 32.4 Å². The SMILES string of the molecule is CNC(c1ncccc1OC)C1CCOCC1. The van der Waals surface area contributed by atoms with E-state index in [1.807, 2.05) is 25.4 Å². The van der Waals surface area contributed by atoms with E-state index in [4.69, 9.17) is 9.47 Å². The van der Waals surface area contributed by atoms with E-state index in [0.29, 0.717) is 5.92 Å². The van der Waals surface area contributed by atoms with Crippen molar-refractivity contribution in [2.75, 3.05) is 27.4 Å². The Labute approximate surface area is 102 Å². The molecule has 4 nitrogen and oxygen atoms in total. The van der Waals surface area contributed by atoms with Crippen molar-refractivity contribution >= 4 is 0 Å². The van der Waals surface area contributed by atoms with Gasteiger partial charge in [-0.1, -0.05) is 0 Å². The van der Waals surface area contributed by atoms with Gasteiger partial charge in [0.1, 0.15) is 5.75 Å². The molecule has 1 N–H and O–H groups in total. The third kappa shape index (κ3) is 2.76. The van der Waals surface area contributed by atoms with Crippen LogP contribution >= 0.6 is 0 Å². The first-order valence-corrected chi connectivity index (χ1v) is 6.10. The average molecular weight is 236 g/mol. The van der Waals surface area contributed by atoms with E-state index in [1.165, 1.54) is 0 Å². The van der Waals surface area contributed by atoms with Gasteiger partial charge in [0.15, 0.2) is 0 Å². The molecule has 1 aliphatic rings. The summed E-state index contributed by atoms with van der Waals surface area (Å²) in [5, 5.41) is 3.36. The van der Waals surface area contributed by atoms with E-state index < -0.39 is 0 Å². The van der Waals surface area contributed by atoms with Crippen LogP contribution in [0.5, 0.6) is 5.75 Å². The number of nitrogens with zero attached hydrogens (tertiary/aromatic N) is 1. The minimum Gasteiger partial charge on any atom is -0.495 e. The highest BCUT2D eigenvalue weighted by molar-refractivity contribution is 5.30. The number of nitrogens with one attached hydrogen (secondary N) is 1. The molecule has 0 saturated carbocycles. The van der Waals surface area contributed by atoms with Crippen LogP contribution < -0.4 is 10.1 Å². The number of ether oxygens (including phenoxy) is 2. The van der Waals surface area contributed by atoms with Crippen LogP contribution in [0.4, 0.5) is 0 Å². The van der Waals surface area contributed by atoms with Crippen molar-refractivity contribution in [2.24, 2.45) is 5.92 Å². The minimum atomic E-state index is 0.245. The highest BCUT2D eigenvalue weighted by Crippen LogP contribution is 2.33. The summed E-state index contributed by atoms with van der Waals surface area (Å²) in [5.74, 6) is 1.43. The van der Waals surface area contributed by atoms with E-state index in [2.05, 4.69) is 10.3 Å². The fourth-order valence-corrected chi connectivity index (χ4v) is 2.45. The van der Waals surface area contributed by atoms with Crippen LogP contribution in [0.15, 0.2) is 18.3 Å². The zero-order chi connectivity index (χ0) is 12.1. The Balaban J connectivity index is 2.21. The van der Waals surface area contributed by atoms with Crippen LogP contribution in [0.1, 0.15) is 24.6 Å². The molecule has 2 heterocycles. The Morgan fingerprint density at radius 1 is 1.47 bits per heavy atom. The van der Waals surface area contributed by atoms with E-state index in [9.17, 15) is 0 Å². The summed E-state index contributed by atoms with van der Waals surface area (Å²) in [7, 11) is 3.67. The van der Waals surface area contributed by atoms with Gasteiger partial charge in [0, 0.05) is 19.4 Å². The van der Waals surface area contributed by atoms with Crippen LogP contribution in [0.2, 0.25) is 0 Å². The van der Waals surface area contributed by atoms with Crippen molar-refractivity contribution in [1.29, 1.82) is 0 Å². The zero-order valence-electron chi connectivity index (χ0n) is 10.5. The molecule has 17 heavy (non-hydrogen) atoms. The molecule has 0 spiro atoms. The van der Waals surface area contributed by atoms with Gasteiger partial charge in [0.25, 0.3) is 0 Å². The lowest BCUT2D eigenvalue weighted by Crippen LogP contribution is -2.30. The topological polar surface area (TPSA) is 43.4 Å². The molecule has 0 aromatic carbocycles. The third-order valence-electron chi connectivity index (χ3n) is 3.36. The summed E-state index contributed by atoms with van der Waals surface area (Å²) in [6.07, 6.45) is 3.97. The van der Waals surface area contributed by atoms with Crippen molar-refractivity contribution in [3.63, 3.8) is 0 Å². The van der Waals surface area contributed by atoms with Crippen LogP contribution in [0.25, 0.3) is 0 Å². The monoisotopic (exact) mass is 236 g/mol. The maximum absolute atomic E-state index is 5.41. The van der Waals surface area contributed by atoms with Crippen molar-refractivity contribution in [3.05, 3.63) is 24.0 Å². The first kappa shape index (κ1) is 12.3. The molecule has 0 amide bonds. The molecule has 2 rings (SSSR count). The molecule has 4 heteroatoms. The number of pyridine rings is 1. The molecule has 1 fully saturated rings. The maximum Gasteiger partial charge on any atom is 0.141 e. The Bertz CT molecular complexity index is 351. The van der Waals surface area contributed by atoms with Gasteiger partial charge in [-0.25, -0.2) is 0 Å². The lowest BCUT2D eigenvalue weighted by molar-refractivity contribution is 0.0537. The zero-order valence-corrected chi connectivity index (χ0v) is 10.5. The number of rotatable bonds is 4. The number of hydrogen-bond acceptors (Lipinski definition) is 4. The maximum atomic E-state index is 5.41. The molecule has 0 bridgehead atoms. The van der Waals surface area contributed by atoms with E-state index in [0.717, 1.165) is 37.5 Å². The van der Waals surface area contributed by atoms with Crippen LogP contribution in [0.3, 0.4) is 0 Å². The smallest absolute Gasteiger partial charge is 0.141 e. The molecular formula is C13H20N2O2. The van der Waals surface area contributed by atoms with E-state index >= 15 is 0 Å². The second kappa shape index (κ2) is 5.98. The predicted octanol–water partition coefficient (Wildman–Crippen LogP) is 1.78. The lowest BCUT2D eigenvalue weighted by Gasteiger charge is -2.30. The van der Waals surface area contributed by atoms with Crippen molar-refractivity contribution < 1.29 is 9.47 Å². The van der Waals surface area contributed by atoms with Gasteiger partial charge in [-0.15, -0.1) is 0 Å². The molecule has 1 aliphatic heterocycles. The molecule has 0 radical (unpaired) electrons. The molecule has 1 unspecified atom stereocenters. The fourth-order valence-electron chi connectivity index (χ4n) is 2.45. The number of hydrogen-bond donors (Lipinski definition) is 1. The van der Waals surface area contributed by atoms with Gasteiger partial charge in [0.05, 0.1) is 18.8 Å². The van der Waals surface area contributed by atoms with Crippen LogP contribution in [-0.2, 0) is 4.74 Å². The quantitative estimate of drug-likeness (QED) is 0.865. The molecule has 1 aromatic rings. The normalized spacial score (nSPS) is 18.9. The third-order valence-corrected chi connectivity index (χ3v) is 3.36. The second-order valence-electron chi connectivity index (χ2n) is 4.31. The fraction of sp³-hybridized carbons (Fsp3) is 0.615. The Hall–Kier alpha value is -1.13. The average Bonchev–Trinajstić information content (AvgIpc) is 2.41. The Kier molecular flexibility index (Phi) is 4.34. The van der Waals surface area contributed by atoms with Crippen LogP contribution in [0, 0.1) is 5.92 Å². The first-order valence-electron chi connectivity index (χ1n) is 6.10. The summed E-state index contributed by atoms with van der Waals surface area (Å²) in [5.41, 5.74) is 1.00. The minimum absolute atomic E-state index is 0.245. The van der Waals surface area contributed by atoms with E-state index in [1.54, 1.807) is 7.11 Å². The van der Waals surface area contributed by atoms with Crippen molar-refractivity contribution in [3.8, 4) is 5.75 Å². The van der Waals surface area contributed by atoms with Crippen molar-refractivity contribution in [1.82, 2.24) is 10.3 Å². The highest BCUT2D eigenvalue weighted by atomic mass is 16.5. The summed E-state index contributed by atoms with van der Waals surface area (Å²) in [4.78, 5) is 4.47. The molecular weight excluding hydrogens is 216 g/mol. The highest BCUT2D eigenvalue weighted by Gasteiger charge is 2.27. The molecule has 0 aliphatic carbocycles. The summed E-state index contributed by atoms with van der Waals surface area (Å²) >= 11 is 0. The Morgan fingerprint density at radius 2 is 2.24 bits per heavy atom. The molecule has 1 aromatic heterocycles. The summed E-state index contributed by atoms with van der Waals surface area (Å²) < 4.78 is 10.8.